The molecular weight excluding hydrogens is 243 g/mol. The molecule has 0 N–H and O–H groups in total. The van der Waals surface area contributed by atoms with E-state index in [-0.39, 0.29) is 5.60 Å². The number of hydrogen-bond acceptors (Lipinski definition) is 1. The van der Waals surface area contributed by atoms with Crippen molar-refractivity contribution in [3.05, 3.63) is 25.3 Å². The van der Waals surface area contributed by atoms with Crippen molar-refractivity contribution in [3.63, 3.8) is 0 Å². The summed E-state index contributed by atoms with van der Waals surface area (Å²) in [6.07, 6.45) is 3.58. The van der Waals surface area contributed by atoms with Gasteiger partial charge >= 0.3 is 0 Å². The van der Waals surface area contributed by atoms with Gasteiger partial charge in [-0.05, 0) is 0 Å². The molecule has 0 spiro atoms. The summed E-state index contributed by atoms with van der Waals surface area (Å²) >= 11 is 2.26. The molecule has 0 aliphatic rings. The van der Waals surface area contributed by atoms with Crippen molar-refractivity contribution >= 4 is 33.1 Å². The first kappa shape index (κ1) is 9.39. The molecule has 0 heterocycles. The molecule has 0 saturated carbocycles. The predicted molar refractivity (Wildman–Crippen MR) is 53.0 cm³/mol. The quantitative estimate of drug-likeness (QED) is 0.312. The van der Waals surface area contributed by atoms with Gasteiger partial charge in [0.15, 0.2) is 0 Å². The Balaban J connectivity index is 4.15. The first-order valence-electron chi connectivity index (χ1n) is 2.63. The first-order chi connectivity index (χ1) is 4.24. The van der Waals surface area contributed by atoms with Gasteiger partial charge in [-0.25, -0.2) is 0 Å². The van der Waals surface area contributed by atoms with Gasteiger partial charge in [-0.15, -0.1) is 0 Å². The summed E-state index contributed by atoms with van der Waals surface area (Å²) in [5.41, 5.74) is -0.257. The van der Waals surface area contributed by atoms with Crippen molar-refractivity contribution in [1.29, 1.82) is 0 Å². The third-order valence-corrected chi connectivity index (χ3v) is 3.23. The summed E-state index contributed by atoms with van der Waals surface area (Å²) in [7, 11) is 0.728. The van der Waals surface area contributed by atoms with Crippen LogP contribution in [0.1, 0.15) is 0 Å². The molecule has 3 heteroatoms. The van der Waals surface area contributed by atoms with E-state index in [0.29, 0.717) is 0 Å². The molecule has 0 amide bonds. The summed E-state index contributed by atoms with van der Waals surface area (Å²) in [4.78, 5) is 0. The lowest BCUT2D eigenvalue weighted by Crippen LogP contribution is -2.27. The monoisotopic (exact) mass is 254 g/mol. The first-order valence-corrected chi connectivity index (χ1v) is 4.97. The molecule has 0 aromatic rings. The van der Waals surface area contributed by atoms with Gasteiger partial charge in [0.1, 0.15) is 16.1 Å². The van der Waals surface area contributed by atoms with Crippen LogP contribution in [0.3, 0.4) is 0 Å². The lowest BCUT2D eigenvalue weighted by molar-refractivity contribution is 0.223. The van der Waals surface area contributed by atoms with Crippen molar-refractivity contribution < 1.29 is 4.43 Å². The summed E-state index contributed by atoms with van der Waals surface area (Å²) in [5, 5.41) is 0. The fraction of sp³-hybridized carbons (Fsp3) is 0.333. The van der Waals surface area contributed by atoms with E-state index in [1.165, 1.54) is 0 Å². The minimum atomic E-state index is -0.257. The molecule has 52 valence electrons. The van der Waals surface area contributed by atoms with E-state index in [1.807, 2.05) is 0 Å². The molecule has 0 bridgehead atoms. The molecule has 0 radical (unpaired) electrons. The lowest BCUT2D eigenvalue weighted by Gasteiger charge is -2.22. The minimum absolute atomic E-state index is 0.257. The van der Waals surface area contributed by atoms with E-state index < -0.39 is 0 Å². The van der Waals surface area contributed by atoms with E-state index in [9.17, 15) is 0 Å². The second-order valence-electron chi connectivity index (χ2n) is 1.70. The highest BCUT2D eigenvalue weighted by atomic mass is 127. The summed E-state index contributed by atoms with van der Waals surface area (Å²) in [5.74, 6) is 0. The van der Waals surface area contributed by atoms with E-state index in [0.717, 1.165) is 14.9 Å². The second kappa shape index (κ2) is 4.24. The Kier molecular flexibility index (Phi) is 4.42. The molecule has 0 saturated heterocycles. The smallest absolute Gasteiger partial charge is 0.147 e. The average Bonchev–Trinajstić information content (AvgIpc) is 1.95. The van der Waals surface area contributed by atoms with Crippen LogP contribution >= 0.6 is 22.6 Å². The Bertz CT molecular complexity index is 99.6. The highest BCUT2D eigenvalue weighted by Gasteiger charge is 2.17. The third-order valence-electron chi connectivity index (χ3n) is 1.28. The largest absolute Gasteiger partial charge is 0.415 e. The van der Waals surface area contributed by atoms with E-state index >= 15 is 0 Å². The van der Waals surface area contributed by atoms with Crippen LogP contribution in [0, 0.1) is 0 Å². The van der Waals surface area contributed by atoms with Crippen LogP contribution in [0.2, 0.25) is 0 Å². The molecular formula is C6H11IOSi. The van der Waals surface area contributed by atoms with Crippen molar-refractivity contribution in [2.24, 2.45) is 0 Å². The molecule has 0 fully saturated rings. The predicted octanol–water partition coefficient (Wildman–Crippen LogP) is 0.829. The maximum absolute atomic E-state index is 5.28. The number of halogens is 1. The molecule has 0 atom stereocenters. The van der Waals surface area contributed by atoms with Crippen molar-refractivity contribution in [2.75, 3.05) is 4.43 Å². The van der Waals surface area contributed by atoms with Gasteiger partial charge in [0.2, 0.25) is 0 Å². The van der Waals surface area contributed by atoms with Crippen LogP contribution in [0.4, 0.5) is 0 Å². The Labute approximate surface area is 72.9 Å². The zero-order valence-electron chi connectivity index (χ0n) is 5.56. The van der Waals surface area contributed by atoms with Gasteiger partial charge in [0.25, 0.3) is 0 Å². The van der Waals surface area contributed by atoms with E-state index in [4.69, 9.17) is 4.43 Å². The van der Waals surface area contributed by atoms with E-state index in [2.05, 4.69) is 35.7 Å². The van der Waals surface area contributed by atoms with Crippen LogP contribution in [0.25, 0.3) is 0 Å². The minimum Gasteiger partial charge on any atom is -0.415 e. The van der Waals surface area contributed by atoms with Crippen molar-refractivity contribution in [1.82, 2.24) is 0 Å². The van der Waals surface area contributed by atoms with Crippen molar-refractivity contribution in [3.8, 4) is 0 Å². The normalized spacial score (nSPS) is 11.2. The van der Waals surface area contributed by atoms with Gasteiger partial charge < -0.3 is 4.43 Å². The maximum Gasteiger partial charge on any atom is 0.147 e. The average molecular weight is 254 g/mol. The van der Waals surface area contributed by atoms with Gasteiger partial charge in [-0.2, -0.15) is 0 Å². The number of alkyl halides is 1. The molecule has 0 aromatic heterocycles. The highest BCUT2D eigenvalue weighted by Crippen LogP contribution is 2.15. The topological polar surface area (TPSA) is 9.23 Å². The third kappa shape index (κ3) is 2.23. The van der Waals surface area contributed by atoms with Crippen molar-refractivity contribution in [2.45, 2.75) is 5.60 Å². The van der Waals surface area contributed by atoms with Crippen LogP contribution < -0.4 is 0 Å². The van der Waals surface area contributed by atoms with Gasteiger partial charge in [0.05, 0.1) is 0 Å². The Morgan fingerprint density at radius 3 is 2.00 bits per heavy atom. The van der Waals surface area contributed by atoms with Gasteiger partial charge in [-0.3, -0.25) is 0 Å². The molecule has 9 heavy (non-hydrogen) atoms. The molecule has 0 aliphatic heterocycles. The standard InChI is InChI=1S/C6H11IOSi/c1-3-6(4-2,5-7)8-9/h3-4H,1-2,5H2,9H3. The maximum atomic E-state index is 5.28. The van der Waals surface area contributed by atoms with Crippen LogP contribution in [-0.4, -0.2) is 20.5 Å². The van der Waals surface area contributed by atoms with Crippen LogP contribution in [-0.2, 0) is 4.43 Å². The van der Waals surface area contributed by atoms with Gasteiger partial charge in [0, 0.05) is 4.43 Å². The van der Waals surface area contributed by atoms with Crippen LogP contribution in [0.15, 0.2) is 25.3 Å². The SMILES string of the molecule is C=CC(C=C)(CI)O[SiH3]. The Morgan fingerprint density at radius 2 is 2.00 bits per heavy atom. The van der Waals surface area contributed by atoms with E-state index in [1.54, 1.807) is 12.2 Å². The number of rotatable bonds is 4. The summed E-state index contributed by atoms with van der Waals surface area (Å²) in [6, 6.07) is 0. The fourth-order valence-electron chi connectivity index (χ4n) is 0.414. The summed E-state index contributed by atoms with van der Waals surface area (Å²) in [6.45, 7) is 7.33. The molecule has 0 rings (SSSR count). The molecule has 1 nitrogen and oxygen atoms in total. The molecule has 0 unspecified atom stereocenters. The van der Waals surface area contributed by atoms with Gasteiger partial charge in [-0.1, -0.05) is 47.9 Å². The fourth-order valence-corrected chi connectivity index (χ4v) is 2.41. The summed E-state index contributed by atoms with van der Waals surface area (Å²) < 4.78 is 6.17. The molecule has 0 aliphatic carbocycles. The lowest BCUT2D eigenvalue weighted by atomic mass is 10.1. The van der Waals surface area contributed by atoms with Crippen LogP contribution in [0.5, 0.6) is 0 Å². The zero-order chi connectivity index (χ0) is 7.33. The highest BCUT2D eigenvalue weighted by molar-refractivity contribution is 14.1. The molecule has 0 aromatic carbocycles. The Morgan fingerprint density at radius 1 is 1.56 bits per heavy atom. The second-order valence-corrected chi connectivity index (χ2v) is 2.87. The number of hydrogen-bond donors (Lipinski definition) is 0. The zero-order valence-corrected chi connectivity index (χ0v) is 9.72. The Hall–Kier alpha value is 0.387.